The Bertz CT molecular complexity index is 887. The van der Waals surface area contributed by atoms with Crippen LogP contribution < -0.4 is 0 Å². The topological polar surface area (TPSA) is 51.8 Å². The number of para-hydroxylation sites is 1. The minimum Gasteiger partial charge on any atom is -0.457 e. The van der Waals surface area contributed by atoms with E-state index in [0.29, 0.717) is 11.7 Å². The highest BCUT2D eigenvalue weighted by atomic mass is 16.6. The summed E-state index contributed by atoms with van der Waals surface area (Å²) >= 11 is 0. The van der Waals surface area contributed by atoms with Crippen LogP contribution in [0.5, 0.6) is 0 Å². The molecular weight excluding hydrogens is 278 g/mol. The van der Waals surface area contributed by atoms with E-state index in [1.807, 2.05) is 60.7 Å². The maximum atomic E-state index is 11.9. The van der Waals surface area contributed by atoms with Crippen LogP contribution in [0.2, 0.25) is 0 Å². The molecule has 0 amide bonds. The molecule has 4 rings (SSSR count). The Hall–Kier alpha value is -3.14. The van der Waals surface area contributed by atoms with Gasteiger partial charge in [0, 0.05) is 17.0 Å². The molecule has 0 saturated carbocycles. The molecule has 4 nitrogen and oxygen atoms in total. The number of aliphatic imine (C=N–C) groups is 1. The van der Waals surface area contributed by atoms with Crippen LogP contribution in [-0.4, -0.2) is 11.9 Å². The van der Waals surface area contributed by atoms with Gasteiger partial charge in [-0.15, -0.1) is 0 Å². The monoisotopic (exact) mass is 289 g/mol. The van der Waals surface area contributed by atoms with Crippen molar-refractivity contribution in [2.75, 3.05) is 0 Å². The number of nitrogens with zero attached hydrogens (tertiary/aromatic N) is 1. The predicted molar refractivity (Wildman–Crippen MR) is 83.3 cm³/mol. The average Bonchev–Trinajstić information content (AvgIpc) is 3.12. The number of fused-ring (bicyclic) bond motifs is 1. The van der Waals surface area contributed by atoms with Crippen LogP contribution in [0.15, 0.2) is 75.8 Å². The van der Waals surface area contributed by atoms with E-state index in [0.717, 1.165) is 16.5 Å². The van der Waals surface area contributed by atoms with Crippen LogP contribution in [0.3, 0.4) is 0 Å². The molecule has 1 aromatic heterocycles. The Morgan fingerprint density at radius 1 is 0.955 bits per heavy atom. The minimum absolute atomic E-state index is 0.234. The Kier molecular flexibility index (Phi) is 2.86. The first-order valence-electron chi connectivity index (χ1n) is 6.86. The number of carbonyl (C=O) groups excluding carboxylic acids is 1. The van der Waals surface area contributed by atoms with Crippen molar-refractivity contribution in [2.45, 2.75) is 0 Å². The van der Waals surface area contributed by atoms with E-state index >= 15 is 0 Å². The maximum absolute atomic E-state index is 11.9. The third-order valence-corrected chi connectivity index (χ3v) is 3.36. The van der Waals surface area contributed by atoms with Gasteiger partial charge in [0.05, 0.1) is 0 Å². The molecule has 0 radical (unpaired) electrons. The first kappa shape index (κ1) is 12.6. The normalized spacial score (nSPS) is 16.1. The molecule has 0 N–H and O–H groups in total. The van der Waals surface area contributed by atoms with Gasteiger partial charge < -0.3 is 9.15 Å². The third-order valence-electron chi connectivity index (χ3n) is 3.36. The third kappa shape index (κ3) is 2.20. The second kappa shape index (κ2) is 5.00. The van der Waals surface area contributed by atoms with E-state index in [1.165, 1.54) is 0 Å². The van der Waals surface area contributed by atoms with Crippen LogP contribution in [0, 0.1) is 0 Å². The van der Waals surface area contributed by atoms with Crippen LogP contribution in [-0.2, 0) is 9.53 Å². The zero-order chi connectivity index (χ0) is 14.9. The molecule has 22 heavy (non-hydrogen) atoms. The quantitative estimate of drug-likeness (QED) is 0.533. The summed E-state index contributed by atoms with van der Waals surface area (Å²) in [5.41, 5.74) is 1.77. The number of rotatable bonds is 2. The molecule has 4 heteroatoms. The highest BCUT2D eigenvalue weighted by Gasteiger charge is 2.24. The van der Waals surface area contributed by atoms with E-state index in [9.17, 15) is 4.79 Å². The second-order valence-electron chi connectivity index (χ2n) is 4.89. The van der Waals surface area contributed by atoms with Crippen LogP contribution in [0.25, 0.3) is 17.0 Å². The standard InChI is InChI=1S/C18H11NO3/c20-18-15(19-17(22-18)12-6-2-1-3-7-12)11-14-10-13-8-4-5-9-16(13)21-14/h1-11H/b15-11-. The molecule has 106 valence electrons. The van der Waals surface area contributed by atoms with Crippen molar-refractivity contribution >= 4 is 28.9 Å². The number of ether oxygens (including phenoxy) is 1. The molecule has 0 saturated heterocycles. The number of benzene rings is 2. The Labute approximate surface area is 126 Å². The van der Waals surface area contributed by atoms with E-state index in [1.54, 1.807) is 6.08 Å². The second-order valence-corrected chi connectivity index (χ2v) is 4.89. The Balaban J connectivity index is 1.72. The summed E-state index contributed by atoms with van der Waals surface area (Å²) in [5, 5.41) is 0.980. The van der Waals surface area contributed by atoms with Crippen molar-refractivity contribution in [3.8, 4) is 0 Å². The van der Waals surface area contributed by atoms with Gasteiger partial charge in [0.25, 0.3) is 0 Å². The van der Waals surface area contributed by atoms with Crippen molar-refractivity contribution in [1.29, 1.82) is 0 Å². The first-order valence-corrected chi connectivity index (χ1v) is 6.86. The fourth-order valence-electron chi connectivity index (χ4n) is 2.32. The van der Waals surface area contributed by atoms with Crippen molar-refractivity contribution in [2.24, 2.45) is 4.99 Å². The Morgan fingerprint density at radius 3 is 2.55 bits per heavy atom. The Morgan fingerprint density at radius 2 is 1.73 bits per heavy atom. The van der Waals surface area contributed by atoms with Crippen LogP contribution in [0.1, 0.15) is 11.3 Å². The number of carbonyl (C=O) groups is 1. The van der Waals surface area contributed by atoms with E-state index in [4.69, 9.17) is 9.15 Å². The summed E-state index contributed by atoms with van der Waals surface area (Å²) < 4.78 is 10.9. The number of hydrogen-bond acceptors (Lipinski definition) is 4. The van der Waals surface area contributed by atoms with Gasteiger partial charge in [-0.1, -0.05) is 36.4 Å². The summed E-state index contributed by atoms with van der Waals surface area (Å²) in [5.74, 6) is 0.415. The molecule has 0 unspecified atom stereocenters. The maximum Gasteiger partial charge on any atom is 0.363 e. The van der Waals surface area contributed by atoms with Crippen LogP contribution in [0.4, 0.5) is 0 Å². The zero-order valence-corrected chi connectivity index (χ0v) is 11.5. The molecule has 2 heterocycles. The highest BCUT2D eigenvalue weighted by molar-refractivity contribution is 6.12. The molecular formula is C18H11NO3. The molecule has 2 aromatic carbocycles. The highest BCUT2D eigenvalue weighted by Crippen LogP contribution is 2.23. The number of hydrogen-bond donors (Lipinski definition) is 0. The van der Waals surface area contributed by atoms with E-state index in [-0.39, 0.29) is 5.70 Å². The van der Waals surface area contributed by atoms with Crippen molar-refractivity contribution in [3.63, 3.8) is 0 Å². The fourth-order valence-corrected chi connectivity index (χ4v) is 2.32. The molecule has 0 bridgehead atoms. The molecule has 0 spiro atoms. The lowest BCUT2D eigenvalue weighted by atomic mass is 10.2. The number of cyclic esters (lactones) is 1. The lowest BCUT2D eigenvalue weighted by Gasteiger charge is -1.97. The minimum atomic E-state index is -0.473. The fraction of sp³-hybridized carbons (Fsp3) is 0. The predicted octanol–water partition coefficient (Wildman–Crippen LogP) is 3.78. The van der Waals surface area contributed by atoms with Gasteiger partial charge in [-0.25, -0.2) is 9.79 Å². The van der Waals surface area contributed by atoms with Gasteiger partial charge in [0.2, 0.25) is 5.90 Å². The first-order chi connectivity index (χ1) is 10.8. The smallest absolute Gasteiger partial charge is 0.363 e. The van der Waals surface area contributed by atoms with Gasteiger partial charge in [0.1, 0.15) is 11.3 Å². The summed E-state index contributed by atoms with van der Waals surface area (Å²) in [6.45, 7) is 0. The molecule has 0 aliphatic carbocycles. The molecule has 1 aliphatic heterocycles. The average molecular weight is 289 g/mol. The van der Waals surface area contributed by atoms with Gasteiger partial charge in [0.15, 0.2) is 5.70 Å². The molecule has 1 aliphatic rings. The summed E-state index contributed by atoms with van der Waals surface area (Å²) in [4.78, 5) is 16.2. The summed E-state index contributed by atoms with van der Waals surface area (Å²) in [6, 6.07) is 18.8. The molecule has 0 fully saturated rings. The van der Waals surface area contributed by atoms with Gasteiger partial charge in [-0.3, -0.25) is 0 Å². The summed E-state index contributed by atoms with van der Waals surface area (Å²) in [6.07, 6.45) is 1.60. The largest absolute Gasteiger partial charge is 0.457 e. The molecule has 3 aromatic rings. The SMILES string of the molecule is O=C1OC(c2ccccc2)=N/C1=C\c1cc2ccccc2o1. The number of furan rings is 1. The zero-order valence-electron chi connectivity index (χ0n) is 11.5. The lowest BCUT2D eigenvalue weighted by molar-refractivity contribution is -0.129. The molecule has 0 atom stereocenters. The van der Waals surface area contributed by atoms with Gasteiger partial charge in [-0.2, -0.15) is 0 Å². The number of esters is 1. The van der Waals surface area contributed by atoms with Crippen molar-refractivity contribution in [3.05, 3.63) is 77.7 Å². The van der Waals surface area contributed by atoms with E-state index in [2.05, 4.69) is 4.99 Å². The van der Waals surface area contributed by atoms with Crippen molar-refractivity contribution < 1.29 is 13.9 Å². The van der Waals surface area contributed by atoms with Crippen LogP contribution >= 0.6 is 0 Å². The van der Waals surface area contributed by atoms with Gasteiger partial charge >= 0.3 is 5.97 Å². The van der Waals surface area contributed by atoms with E-state index < -0.39 is 5.97 Å². The lowest BCUT2D eigenvalue weighted by Crippen LogP contribution is -2.04. The summed E-state index contributed by atoms with van der Waals surface area (Å²) in [7, 11) is 0. The van der Waals surface area contributed by atoms with Gasteiger partial charge in [-0.05, 0) is 24.3 Å². The van der Waals surface area contributed by atoms with Crippen molar-refractivity contribution in [1.82, 2.24) is 0 Å².